The van der Waals surface area contributed by atoms with Crippen LogP contribution in [0.4, 0.5) is 0 Å². The Morgan fingerprint density at radius 3 is 2.00 bits per heavy atom. The summed E-state index contributed by atoms with van der Waals surface area (Å²) in [5, 5.41) is -0.106. The standard InChI is InChI=1S/C19H14N4S/c1-4-10-20-14(7-1)17-13-18(15-8-2-5-11-21-15)24-19(23-17)16-9-3-6-12-22-16/h1-13,19H. The molecule has 1 unspecified atom stereocenters. The lowest BCUT2D eigenvalue weighted by Crippen LogP contribution is -2.09. The smallest absolute Gasteiger partial charge is 0.142 e. The molecule has 24 heavy (non-hydrogen) atoms. The van der Waals surface area contributed by atoms with Crippen molar-refractivity contribution in [2.24, 2.45) is 4.99 Å². The highest BCUT2D eigenvalue weighted by atomic mass is 32.2. The van der Waals surface area contributed by atoms with Gasteiger partial charge in [0, 0.05) is 23.5 Å². The maximum atomic E-state index is 4.85. The number of aliphatic imine (C=N–C) groups is 1. The van der Waals surface area contributed by atoms with Gasteiger partial charge in [0.2, 0.25) is 0 Å². The maximum absolute atomic E-state index is 4.85. The average Bonchev–Trinajstić information content (AvgIpc) is 2.70. The molecule has 0 amide bonds. The Labute approximate surface area is 144 Å². The van der Waals surface area contributed by atoms with Crippen molar-refractivity contribution >= 4 is 22.4 Å². The van der Waals surface area contributed by atoms with Crippen LogP contribution in [-0.4, -0.2) is 20.7 Å². The number of pyridine rings is 3. The van der Waals surface area contributed by atoms with E-state index in [9.17, 15) is 0 Å². The fraction of sp³-hybridized carbons (Fsp3) is 0.0526. The van der Waals surface area contributed by atoms with Crippen LogP contribution < -0.4 is 0 Å². The topological polar surface area (TPSA) is 51.0 Å². The van der Waals surface area contributed by atoms with E-state index >= 15 is 0 Å². The molecule has 116 valence electrons. The second-order valence-corrected chi connectivity index (χ2v) is 6.30. The first-order chi connectivity index (χ1) is 11.9. The molecule has 3 aromatic heterocycles. The van der Waals surface area contributed by atoms with E-state index in [0.717, 1.165) is 27.7 Å². The van der Waals surface area contributed by atoms with Gasteiger partial charge in [0.1, 0.15) is 5.37 Å². The van der Waals surface area contributed by atoms with E-state index in [2.05, 4.69) is 21.0 Å². The number of hydrogen-bond acceptors (Lipinski definition) is 5. The lowest BCUT2D eigenvalue weighted by Gasteiger charge is -2.20. The molecule has 0 aromatic carbocycles. The molecule has 5 heteroatoms. The molecule has 3 aromatic rings. The fourth-order valence-corrected chi connectivity index (χ4v) is 3.50. The third kappa shape index (κ3) is 3.12. The minimum atomic E-state index is -0.106. The third-order valence-electron chi connectivity index (χ3n) is 3.55. The van der Waals surface area contributed by atoms with Crippen LogP contribution in [0.3, 0.4) is 0 Å². The molecule has 1 atom stereocenters. The Morgan fingerprint density at radius 2 is 1.38 bits per heavy atom. The highest BCUT2D eigenvalue weighted by Gasteiger charge is 2.22. The van der Waals surface area contributed by atoms with Gasteiger partial charge in [-0.15, -0.1) is 0 Å². The number of allylic oxidation sites excluding steroid dienone is 1. The summed E-state index contributed by atoms with van der Waals surface area (Å²) in [5.74, 6) is 0. The van der Waals surface area contributed by atoms with E-state index in [1.165, 1.54) is 0 Å². The zero-order chi connectivity index (χ0) is 16.2. The predicted molar refractivity (Wildman–Crippen MR) is 97.6 cm³/mol. The second kappa shape index (κ2) is 6.76. The van der Waals surface area contributed by atoms with Crippen LogP contribution in [0.25, 0.3) is 4.91 Å². The molecule has 1 aliphatic rings. The predicted octanol–water partition coefficient (Wildman–Crippen LogP) is 4.15. The van der Waals surface area contributed by atoms with Crippen LogP contribution >= 0.6 is 11.8 Å². The maximum Gasteiger partial charge on any atom is 0.142 e. The van der Waals surface area contributed by atoms with Crippen molar-refractivity contribution in [2.75, 3.05) is 0 Å². The lowest BCUT2D eigenvalue weighted by molar-refractivity contribution is 0.963. The number of hydrogen-bond donors (Lipinski definition) is 0. The van der Waals surface area contributed by atoms with Gasteiger partial charge in [-0.25, -0.2) is 0 Å². The Kier molecular flexibility index (Phi) is 4.16. The van der Waals surface area contributed by atoms with Gasteiger partial charge in [0.15, 0.2) is 0 Å². The first kappa shape index (κ1) is 14.8. The first-order valence-electron chi connectivity index (χ1n) is 7.60. The summed E-state index contributed by atoms with van der Waals surface area (Å²) in [5.41, 5.74) is 3.57. The van der Waals surface area contributed by atoms with E-state index in [4.69, 9.17) is 4.99 Å². The molecule has 0 saturated carbocycles. The zero-order valence-electron chi connectivity index (χ0n) is 12.8. The van der Waals surface area contributed by atoms with Crippen molar-refractivity contribution in [1.82, 2.24) is 15.0 Å². The van der Waals surface area contributed by atoms with Crippen molar-refractivity contribution in [1.29, 1.82) is 0 Å². The molecular weight excluding hydrogens is 316 g/mol. The fourth-order valence-electron chi connectivity index (χ4n) is 2.41. The SMILES string of the molecule is C1=C(c2ccccn2)SC(c2ccccn2)N=C1c1ccccn1. The second-order valence-electron chi connectivity index (χ2n) is 5.18. The minimum Gasteiger partial charge on any atom is -0.262 e. The third-order valence-corrected chi connectivity index (χ3v) is 4.70. The van der Waals surface area contributed by atoms with Crippen molar-refractivity contribution < 1.29 is 0 Å². The molecule has 4 rings (SSSR count). The van der Waals surface area contributed by atoms with E-state index in [1.54, 1.807) is 30.4 Å². The van der Waals surface area contributed by atoms with Crippen LogP contribution in [0, 0.1) is 0 Å². The van der Waals surface area contributed by atoms with Gasteiger partial charge in [-0.1, -0.05) is 30.0 Å². The van der Waals surface area contributed by atoms with Crippen LogP contribution in [-0.2, 0) is 0 Å². The number of thioether (sulfide) groups is 1. The molecule has 0 spiro atoms. The summed E-state index contributed by atoms with van der Waals surface area (Å²) in [6.45, 7) is 0. The van der Waals surface area contributed by atoms with Crippen LogP contribution in [0.15, 0.2) is 84.3 Å². The molecule has 0 bridgehead atoms. The van der Waals surface area contributed by atoms with Crippen molar-refractivity contribution in [3.63, 3.8) is 0 Å². The Hall–Kier alpha value is -2.79. The van der Waals surface area contributed by atoms with Crippen molar-refractivity contribution in [3.05, 3.63) is 96.3 Å². The Balaban J connectivity index is 1.79. The van der Waals surface area contributed by atoms with E-state index in [1.807, 2.05) is 54.6 Å². The Morgan fingerprint density at radius 1 is 0.708 bits per heavy atom. The highest BCUT2D eigenvalue weighted by Crippen LogP contribution is 2.42. The lowest BCUT2D eigenvalue weighted by atomic mass is 10.2. The van der Waals surface area contributed by atoms with Gasteiger partial charge in [-0.05, 0) is 42.5 Å². The monoisotopic (exact) mass is 330 g/mol. The molecule has 0 radical (unpaired) electrons. The van der Waals surface area contributed by atoms with E-state index in [0.29, 0.717) is 0 Å². The van der Waals surface area contributed by atoms with Crippen molar-refractivity contribution in [3.8, 4) is 0 Å². The normalized spacial score (nSPS) is 17.1. The molecule has 0 aliphatic carbocycles. The average molecular weight is 330 g/mol. The number of nitrogens with zero attached hydrogens (tertiary/aromatic N) is 4. The highest BCUT2D eigenvalue weighted by molar-refractivity contribution is 8.08. The van der Waals surface area contributed by atoms with Crippen LogP contribution in [0.5, 0.6) is 0 Å². The summed E-state index contributed by atoms with van der Waals surface area (Å²) >= 11 is 1.66. The minimum absolute atomic E-state index is 0.106. The molecule has 4 heterocycles. The van der Waals surface area contributed by atoms with Gasteiger partial charge in [0.05, 0.1) is 22.8 Å². The summed E-state index contributed by atoms with van der Waals surface area (Å²) in [7, 11) is 0. The van der Waals surface area contributed by atoms with Gasteiger partial charge in [-0.2, -0.15) is 0 Å². The van der Waals surface area contributed by atoms with Gasteiger partial charge in [0.25, 0.3) is 0 Å². The molecule has 4 nitrogen and oxygen atoms in total. The summed E-state index contributed by atoms with van der Waals surface area (Å²) < 4.78 is 0. The summed E-state index contributed by atoms with van der Waals surface area (Å²) in [6, 6.07) is 17.7. The van der Waals surface area contributed by atoms with Crippen LogP contribution in [0.1, 0.15) is 22.5 Å². The quantitative estimate of drug-likeness (QED) is 0.724. The van der Waals surface area contributed by atoms with Crippen LogP contribution in [0.2, 0.25) is 0 Å². The number of rotatable bonds is 3. The first-order valence-corrected chi connectivity index (χ1v) is 8.48. The number of aromatic nitrogens is 3. The van der Waals surface area contributed by atoms with E-state index < -0.39 is 0 Å². The molecule has 1 aliphatic heterocycles. The molecule has 0 fully saturated rings. The summed E-state index contributed by atoms with van der Waals surface area (Å²) in [4.78, 5) is 19.3. The Bertz CT molecular complexity index is 877. The molecule has 0 saturated heterocycles. The van der Waals surface area contributed by atoms with Gasteiger partial charge < -0.3 is 0 Å². The molecule has 0 N–H and O–H groups in total. The van der Waals surface area contributed by atoms with Gasteiger partial charge in [-0.3, -0.25) is 19.9 Å². The summed E-state index contributed by atoms with van der Waals surface area (Å²) in [6.07, 6.45) is 7.43. The molecular formula is C19H14N4S. The van der Waals surface area contributed by atoms with Gasteiger partial charge >= 0.3 is 0 Å². The van der Waals surface area contributed by atoms with E-state index in [-0.39, 0.29) is 5.37 Å². The zero-order valence-corrected chi connectivity index (χ0v) is 13.6. The van der Waals surface area contributed by atoms with Crippen molar-refractivity contribution in [2.45, 2.75) is 5.37 Å². The largest absolute Gasteiger partial charge is 0.262 e.